The lowest BCUT2D eigenvalue weighted by molar-refractivity contribution is -0.148. The molecule has 1 N–H and O–H groups in total. The van der Waals surface area contributed by atoms with Crippen LogP contribution in [-0.4, -0.2) is 32.3 Å². The molecule has 0 fully saturated rings. The van der Waals surface area contributed by atoms with Gasteiger partial charge < -0.3 is 14.8 Å². The fourth-order valence-corrected chi connectivity index (χ4v) is 2.15. The van der Waals surface area contributed by atoms with E-state index in [9.17, 15) is 4.79 Å². The lowest BCUT2D eigenvalue weighted by Crippen LogP contribution is -2.48. The van der Waals surface area contributed by atoms with Gasteiger partial charge in [-0.1, -0.05) is 19.1 Å². The highest BCUT2D eigenvalue weighted by Gasteiger charge is 2.31. The fourth-order valence-electron chi connectivity index (χ4n) is 2.15. The lowest BCUT2D eigenvalue weighted by Gasteiger charge is -2.25. The summed E-state index contributed by atoms with van der Waals surface area (Å²) in [7, 11) is 3.20. The molecule has 0 radical (unpaired) electrons. The summed E-state index contributed by atoms with van der Waals surface area (Å²) in [4.78, 5) is 11.7. The van der Waals surface area contributed by atoms with Gasteiger partial charge in [0.15, 0.2) is 0 Å². The first kappa shape index (κ1) is 17.5. The molecule has 118 valence electrons. The Hall–Kier alpha value is -1.55. The molecule has 0 saturated heterocycles. The van der Waals surface area contributed by atoms with E-state index in [2.05, 4.69) is 24.4 Å². The van der Waals surface area contributed by atoms with E-state index >= 15 is 0 Å². The summed E-state index contributed by atoms with van der Waals surface area (Å²) in [5.41, 5.74) is 0.697. The number of unbranched alkanes of at least 4 members (excludes halogenated alkanes) is 1. The van der Waals surface area contributed by atoms with Crippen LogP contribution in [-0.2, 0) is 16.0 Å². The van der Waals surface area contributed by atoms with E-state index in [1.165, 1.54) is 12.7 Å². The molecule has 4 nitrogen and oxygen atoms in total. The van der Waals surface area contributed by atoms with Crippen LogP contribution in [0.25, 0.3) is 0 Å². The Labute approximate surface area is 127 Å². The van der Waals surface area contributed by atoms with E-state index in [-0.39, 0.29) is 5.97 Å². The molecule has 0 aromatic heterocycles. The van der Waals surface area contributed by atoms with Gasteiger partial charge >= 0.3 is 5.97 Å². The summed E-state index contributed by atoms with van der Waals surface area (Å²) in [5.74, 6) is 0.678. The Bertz CT molecular complexity index is 430. The molecule has 0 amide bonds. The Balaban J connectivity index is 2.28. The van der Waals surface area contributed by atoms with Crippen molar-refractivity contribution in [3.63, 3.8) is 0 Å². The van der Waals surface area contributed by atoms with Crippen LogP contribution in [0.4, 0.5) is 0 Å². The number of hydrogen-bond acceptors (Lipinski definition) is 4. The van der Waals surface area contributed by atoms with Gasteiger partial charge in [-0.15, -0.1) is 0 Å². The van der Waals surface area contributed by atoms with Crippen LogP contribution in [0.15, 0.2) is 24.3 Å². The molecule has 0 saturated carbocycles. The third kappa shape index (κ3) is 5.38. The number of ether oxygens (including phenoxy) is 2. The number of esters is 1. The van der Waals surface area contributed by atoms with Crippen molar-refractivity contribution in [3.05, 3.63) is 29.8 Å². The number of methoxy groups -OCH3 is 1. The fraction of sp³-hybridized carbons (Fsp3) is 0.588. The van der Waals surface area contributed by atoms with Crippen LogP contribution in [0.3, 0.4) is 0 Å². The number of benzene rings is 1. The van der Waals surface area contributed by atoms with Crippen LogP contribution < -0.4 is 10.1 Å². The number of carbonyl (C=O) groups excluding carboxylic acids is 1. The number of nitrogens with one attached hydrogen (secondary N) is 1. The highest BCUT2D eigenvalue weighted by molar-refractivity contribution is 5.80. The SMILES string of the molecule is CCc1ccc(OCCCCC(C)(NC)C(=O)OC)cc1. The van der Waals surface area contributed by atoms with E-state index < -0.39 is 5.54 Å². The average Bonchev–Trinajstić information content (AvgIpc) is 2.54. The standard InChI is InChI=1S/C17H27NO3/c1-5-14-8-10-15(11-9-14)21-13-7-6-12-17(2,18-3)16(19)20-4/h8-11,18H,5-7,12-13H2,1-4H3. The summed E-state index contributed by atoms with van der Waals surface area (Å²) in [5, 5.41) is 3.04. The van der Waals surface area contributed by atoms with Crippen molar-refractivity contribution in [1.29, 1.82) is 0 Å². The van der Waals surface area contributed by atoms with Crippen LogP contribution in [0, 0.1) is 0 Å². The van der Waals surface area contributed by atoms with Gasteiger partial charge in [0.1, 0.15) is 11.3 Å². The summed E-state index contributed by atoms with van der Waals surface area (Å²) >= 11 is 0. The Morgan fingerprint density at radius 3 is 2.43 bits per heavy atom. The molecule has 4 heteroatoms. The molecule has 1 aromatic carbocycles. The molecular formula is C17H27NO3. The van der Waals surface area contributed by atoms with Gasteiger partial charge in [-0.3, -0.25) is 4.79 Å². The molecule has 1 unspecified atom stereocenters. The van der Waals surface area contributed by atoms with Crippen molar-refractivity contribution in [2.75, 3.05) is 20.8 Å². The normalized spacial score (nSPS) is 13.5. The minimum absolute atomic E-state index is 0.221. The van der Waals surface area contributed by atoms with E-state index in [4.69, 9.17) is 9.47 Å². The molecule has 0 bridgehead atoms. The Morgan fingerprint density at radius 2 is 1.90 bits per heavy atom. The topological polar surface area (TPSA) is 47.6 Å². The number of carbonyl (C=O) groups is 1. The van der Waals surface area contributed by atoms with E-state index in [1.807, 2.05) is 19.1 Å². The minimum atomic E-state index is -0.614. The maximum absolute atomic E-state index is 11.7. The van der Waals surface area contributed by atoms with Crippen molar-refractivity contribution in [1.82, 2.24) is 5.32 Å². The lowest BCUT2D eigenvalue weighted by atomic mass is 9.95. The van der Waals surface area contributed by atoms with Crippen molar-refractivity contribution in [3.8, 4) is 5.75 Å². The molecule has 0 heterocycles. The molecule has 0 aliphatic rings. The van der Waals surface area contributed by atoms with E-state index in [0.29, 0.717) is 6.61 Å². The highest BCUT2D eigenvalue weighted by atomic mass is 16.5. The zero-order valence-electron chi connectivity index (χ0n) is 13.6. The van der Waals surface area contributed by atoms with Gasteiger partial charge in [-0.05, 0) is 57.4 Å². The van der Waals surface area contributed by atoms with Crippen LogP contribution in [0.5, 0.6) is 5.75 Å². The van der Waals surface area contributed by atoms with E-state index in [1.54, 1.807) is 7.05 Å². The van der Waals surface area contributed by atoms with Crippen molar-refractivity contribution < 1.29 is 14.3 Å². The molecule has 1 rings (SSSR count). The van der Waals surface area contributed by atoms with Crippen molar-refractivity contribution >= 4 is 5.97 Å². The summed E-state index contributed by atoms with van der Waals surface area (Å²) in [6.07, 6.45) is 3.58. The second kappa shape index (κ2) is 8.67. The number of hydrogen-bond donors (Lipinski definition) is 1. The van der Waals surface area contributed by atoms with Crippen LogP contribution in [0.1, 0.15) is 38.7 Å². The number of rotatable bonds is 9. The van der Waals surface area contributed by atoms with E-state index in [0.717, 1.165) is 31.4 Å². The predicted octanol–water partition coefficient (Wildman–Crippen LogP) is 2.95. The average molecular weight is 293 g/mol. The largest absolute Gasteiger partial charge is 0.494 e. The van der Waals surface area contributed by atoms with Gasteiger partial charge in [0.25, 0.3) is 0 Å². The molecule has 1 atom stereocenters. The number of aryl methyl sites for hydroxylation is 1. The quantitative estimate of drug-likeness (QED) is 0.562. The number of likely N-dealkylation sites (N-methyl/N-ethyl adjacent to an activating group) is 1. The first-order valence-corrected chi connectivity index (χ1v) is 7.54. The maximum Gasteiger partial charge on any atom is 0.325 e. The molecule has 0 spiro atoms. The summed E-state index contributed by atoms with van der Waals surface area (Å²) in [6.45, 7) is 4.66. The van der Waals surface area contributed by atoms with Gasteiger partial charge in [-0.2, -0.15) is 0 Å². The first-order chi connectivity index (χ1) is 10.1. The van der Waals surface area contributed by atoms with Crippen molar-refractivity contribution in [2.45, 2.75) is 45.1 Å². The Kier molecular flexibility index (Phi) is 7.23. The zero-order valence-corrected chi connectivity index (χ0v) is 13.6. The minimum Gasteiger partial charge on any atom is -0.494 e. The smallest absolute Gasteiger partial charge is 0.325 e. The van der Waals surface area contributed by atoms with Gasteiger partial charge in [0.05, 0.1) is 13.7 Å². The third-order valence-electron chi connectivity index (χ3n) is 3.86. The first-order valence-electron chi connectivity index (χ1n) is 7.54. The molecule has 0 aliphatic carbocycles. The maximum atomic E-state index is 11.7. The molecule has 1 aromatic rings. The molecule has 0 aliphatic heterocycles. The predicted molar refractivity (Wildman–Crippen MR) is 84.6 cm³/mol. The zero-order chi connectivity index (χ0) is 15.7. The van der Waals surface area contributed by atoms with Gasteiger partial charge in [0, 0.05) is 0 Å². The van der Waals surface area contributed by atoms with Gasteiger partial charge in [0.2, 0.25) is 0 Å². The van der Waals surface area contributed by atoms with Crippen molar-refractivity contribution in [2.24, 2.45) is 0 Å². The monoisotopic (exact) mass is 293 g/mol. The highest BCUT2D eigenvalue weighted by Crippen LogP contribution is 2.16. The summed E-state index contributed by atoms with van der Waals surface area (Å²) in [6, 6.07) is 8.19. The second-order valence-corrected chi connectivity index (χ2v) is 5.38. The van der Waals surface area contributed by atoms with Crippen LogP contribution >= 0.6 is 0 Å². The van der Waals surface area contributed by atoms with Gasteiger partial charge in [-0.25, -0.2) is 0 Å². The van der Waals surface area contributed by atoms with Crippen LogP contribution in [0.2, 0.25) is 0 Å². The Morgan fingerprint density at radius 1 is 1.24 bits per heavy atom. The molecular weight excluding hydrogens is 266 g/mol. The second-order valence-electron chi connectivity index (χ2n) is 5.38. The third-order valence-corrected chi connectivity index (χ3v) is 3.86. The summed E-state index contributed by atoms with van der Waals surface area (Å²) < 4.78 is 10.5. The molecule has 21 heavy (non-hydrogen) atoms.